The van der Waals surface area contributed by atoms with E-state index in [4.69, 9.17) is 11.6 Å². The molecular weight excluding hydrogens is 320 g/mol. The number of carbonyl (C=O) groups is 1. The van der Waals surface area contributed by atoms with Gasteiger partial charge in [0.25, 0.3) is 5.91 Å². The Morgan fingerprint density at radius 1 is 1.50 bits per heavy atom. The largest absolute Gasteiger partial charge is 0.328 e. The highest BCUT2D eigenvalue weighted by Crippen LogP contribution is 2.30. The molecule has 0 saturated carbocycles. The molecule has 7 heteroatoms. The molecule has 3 rings (SSSR count). The van der Waals surface area contributed by atoms with Crippen LogP contribution >= 0.6 is 23.1 Å². The van der Waals surface area contributed by atoms with Crippen LogP contribution in [0.1, 0.15) is 33.9 Å². The first-order valence-electron chi connectivity index (χ1n) is 7.29. The van der Waals surface area contributed by atoms with Crippen molar-refractivity contribution in [3.05, 3.63) is 45.4 Å². The first-order chi connectivity index (χ1) is 10.7. The molecule has 1 aliphatic heterocycles. The molecule has 1 fully saturated rings. The summed E-state index contributed by atoms with van der Waals surface area (Å²) in [4.78, 5) is 15.4. The first-order valence-corrected chi connectivity index (χ1v) is 8.44. The predicted octanol–water partition coefficient (Wildman–Crippen LogP) is 2.54. The van der Waals surface area contributed by atoms with Crippen molar-refractivity contribution < 1.29 is 4.79 Å². The fourth-order valence-corrected chi connectivity index (χ4v) is 3.67. The van der Waals surface area contributed by atoms with E-state index in [1.54, 1.807) is 0 Å². The lowest BCUT2D eigenvalue weighted by Gasteiger charge is -2.36. The average Bonchev–Trinajstić information content (AvgIpc) is 3.03. The molecule has 1 aromatic carbocycles. The van der Waals surface area contributed by atoms with Gasteiger partial charge >= 0.3 is 0 Å². The molecular formula is C15H17ClN4OS. The number of benzene rings is 1. The topological polar surface area (TPSA) is 58.1 Å². The SMILES string of the molecule is CCc1nnsc1C(=O)N1CCNCC1c1ccccc1Cl. The summed E-state index contributed by atoms with van der Waals surface area (Å²) in [5, 5.41) is 8.07. The second-order valence-electron chi connectivity index (χ2n) is 5.14. The Kier molecular flexibility index (Phi) is 4.71. The van der Waals surface area contributed by atoms with Crippen LogP contribution in [0.2, 0.25) is 5.02 Å². The molecule has 1 aliphatic rings. The Morgan fingerprint density at radius 2 is 2.32 bits per heavy atom. The molecule has 1 amide bonds. The minimum absolute atomic E-state index is 0.00160. The summed E-state index contributed by atoms with van der Waals surface area (Å²) in [6.45, 7) is 4.11. The number of carbonyl (C=O) groups excluding carboxylic acids is 1. The molecule has 1 unspecified atom stereocenters. The van der Waals surface area contributed by atoms with E-state index in [1.165, 1.54) is 11.5 Å². The molecule has 1 aromatic heterocycles. The Balaban J connectivity index is 1.93. The van der Waals surface area contributed by atoms with E-state index < -0.39 is 0 Å². The van der Waals surface area contributed by atoms with Gasteiger partial charge in [-0.2, -0.15) is 0 Å². The predicted molar refractivity (Wildman–Crippen MR) is 87.4 cm³/mol. The van der Waals surface area contributed by atoms with Gasteiger partial charge in [-0.25, -0.2) is 0 Å². The van der Waals surface area contributed by atoms with Gasteiger partial charge in [0.15, 0.2) is 0 Å². The zero-order valence-electron chi connectivity index (χ0n) is 12.3. The molecule has 1 N–H and O–H groups in total. The number of hydrogen-bond acceptors (Lipinski definition) is 5. The Morgan fingerprint density at radius 3 is 3.09 bits per heavy atom. The third kappa shape index (κ3) is 2.86. The van der Waals surface area contributed by atoms with Gasteiger partial charge in [0.2, 0.25) is 0 Å². The fourth-order valence-electron chi connectivity index (χ4n) is 2.70. The molecule has 0 radical (unpaired) electrons. The van der Waals surface area contributed by atoms with Crippen LogP contribution in [0.5, 0.6) is 0 Å². The molecule has 1 atom stereocenters. The minimum atomic E-state index is -0.0678. The number of hydrogen-bond donors (Lipinski definition) is 1. The Hall–Kier alpha value is -1.50. The quantitative estimate of drug-likeness (QED) is 0.935. The van der Waals surface area contributed by atoms with Crippen LogP contribution in [0.15, 0.2) is 24.3 Å². The zero-order valence-corrected chi connectivity index (χ0v) is 13.8. The van der Waals surface area contributed by atoms with Crippen LogP contribution < -0.4 is 5.32 Å². The highest BCUT2D eigenvalue weighted by molar-refractivity contribution is 7.08. The first kappa shape index (κ1) is 15.4. The maximum atomic E-state index is 12.9. The molecule has 116 valence electrons. The van der Waals surface area contributed by atoms with Crippen molar-refractivity contribution in [2.45, 2.75) is 19.4 Å². The summed E-state index contributed by atoms with van der Waals surface area (Å²) in [5.41, 5.74) is 1.74. The van der Waals surface area contributed by atoms with Crippen molar-refractivity contribution in [1.82, 2.24) is 19.8 Å². The zero-order chi connectivity index (χ0) is 15.5. The van der Waals surface area contributed by atoms with Gasteiger partial charge in [0.1, 0.15) is 4.88 Å². The summed E-state index contributed by atoms with van der Waals surface area (Å²) in [6.07, 6.45) is 0.709. The second-order valence-corrected chi connectivity index (χ2v) is 6.30. The number of aromatic nitrogens is 2. The van der Waals surface area contributed by atoms with E-state index in [0.29, 0.717) is 29.4 Å². The van der Waals surface area contributed by atoms with E-state index in [0.717, 1.165) is 17.8 Å². The van der Waals surface area contributed by atoms with Crippen LogP contribution in [0.4, 0.5) is 0 Å². The minimum Gasteiger partial charge on any atom is -0.328 e. The summed E-state index contributed by atoms with van der Waals surface area (Å²) in [7, 11) is 0. The summed E-state index contributed by atoms with van der Waals surface area (Å²) < 4.78 is 3.93. The van der Waals surface area contributed by atoms with Crippen LogP contribution in [-0.2, 0) is 6.42 Å². The number of halogens is 1. The van der Waals surface area contributed by atoms with Crippen molar-refractivity contribution in [1.29, 1.82) is 0 Å². The van der Waals surface area contributed by atoms with Gasteiger partial charge in [-0.3, -0.25) is 4.79 Å². The van der Waals surface area contributed by atoms with Gasteiger partial charge in [-0.15, -0.1) is 5.10 Å². The van der Waals surface area contributed by atoms with E-state index in [1.807, 2.05) is 36.1 Å². The highest BCUT2D eigenvalue weighted by Gasteiger charge is 2.31. The molecule has 1 saturated heterocycles. The van der Waals surface area contributed by atoms with Crippen LogP contribution in [0.3, 0.4) is 0 Å². The maximum Gasteiger partial charge on any atom is 0.268 e. The van der Waals surface area contributed by atoms with Crippen molar-refractivity contribution >= 4 is 29.0 Å². The summed E-state index contributed by atoms with van der Waals surface area (Å²) >= 11 is 7.49. The van der Waals surface area contributed by atoms with E-state index in [-0.39, 0.29) is 11.9 Å². The smallest absolute Gasteiger partial charge is 0.268 e. The van der Waals surface area contributed by atoms with Gasteiger partial charge in [-0.1, -0.05) is 41.2 Å². The number of nitrogens with zero attached hydrogens (tertiary/aromatic N) is 3. The molecule has 2 heterocycles. The lowest BCUT2D eigenvalue weighted by molar-refractivity contribution is 0.0638. The van der Waals surface area contributed by atoms with E-state index in [9.17, 15) is 4.79 Å². The lowest BCUT2D eigenvalue weighted by Crippen LogP contribution is -2.48. The van der Waals surface area contributed by atoms with Crippen molar-refractivity contribution in [3.8, 4) is 0 Å². The normalized spacial score (nSPS) is 18.5. The number of piperazine rings is 1. The number of amides is 1. The lowest BCUT2D eigenvalue weighted by atomic mass is 10.0. The van der Waals surface area contributed by atoms with Crippen molar-refractivity contribution in [3.63, 3.8) is 0 Å². The molecule has 0 bridgehead atoms. The standard InChI is InChI=1S/C15H17ClN4OS/c1-2-12-14(22-19-18-12)15(21)20-8-7-17-9-13(20)10-5-3-4-6-11(10)16/h3-6,13,17H,2,7-9H2,1H3. The van der Waals surface area contributed by atoms with Gasteiger partial charge in [-0.05, 0) is 29.6 Å². The number of rotatable bonds is 3. The number of aryl methyl sites for hydroxylation is 1. The Bertz CT molecular complexity index is 675. The fraction of sp³-hybridized carbons (Fsp3) is 0.400. The third-order valence-electron chi connectivity index (χ3n) is 3.85. The highest BCUT2D eigenvalue weighted by atomic mass is 35.5. The molecule has 0 aliphatic carbocycles. The van der Waals surface area contributed by atoms with Crippen LogP contribution in [-0.4, -0.2) is 40.0 Å². The summed E-state index contributed by atoms with van der Waals surface area (Å²) in [5.74, 6) is -0.00160. The maximum absolute atomic E-state index is 12.9. The van der Waals surface area contributed by atoms with Crippen molar-refractivity contribution in [2.24, 2.45) is 0 Å². The van der Waals surface area contributed by atoms with E-state index >= 15 is 0 Å². The van der Waals surface area contributed by atoms with E-state index in [2.05, 4.69) is 14.9 Å². The molecule has 2 aromatic rings. The third-order valence-corrected chi connectivity index (χ3v) is 4.95. The molecule has 22 heavy (non-hydrogen) atoms. The second kappa shape index (κ2) is 6.73. The summed E-state index contributed by atoms with van der Waals surface area (Å²) in [6, 6.07) is 7.62. The Labute approximate surface area is 138 Å². The van der Waals surface area contributed by atoms with Gasteiger partial charge < -0.3 is 10.2 Å². The number of nitrogens with one attached hydrogen (secondary N) is 1. The van der Waals surface area contributed by atoms with Gasteiger partial charge in [0, 0.05) is 24.7 Å². The average molecular weight is 337 g/mol. The van der Waals surface area contributed by atoms with Crippen LogP contribution in [0.25, 0.3) is 0 Å². The molecule has 0 spiro atoms. The van der Waals surface area contributed by atoms with Crippen LogP contribution in [0, 0.1) is 0 Å². The monoisotopic (exact) mass is 336 g/mol. The van der Waals surface area contributed by atoms with Gasteiger partial charge in [0.05, 0.1) is 11.7 Å². The molecule has 5 nitrogen and oxygen atoms in total. The van der Waals surface area contributed by atoms with Crippen molar-refractivity contribution in [2.75, 3.05) is 19.6 Å².